The van der Waals surface area contributed by atoms with Gasteiger partial charge in [0.1, 0.15) is 5.76 Å². The number of aliphatic hydroxyl groups is 1. The fraction of sp³-hybridized carbons (Fsp3) is 0.0833. The molecule has 0 fully saturated rings. The van der Waals surface area contributed by atoms with Gasteiger partial charge < -0.3 is 10.2 Å². The van der Waals surface area contributed by atoms with Crippen LogP contribution in [0.2, 0.25) is 0 Å². The number of benzene rings is 1. The number of aliphatic hydroxyl groups excluding tert-OH is 1. The van der Waals surface area contributed by atoms with E-state index in [9.17, 15) is 19.5 Å². The predicted octanol–water partition coefficient (Wildman–Crippen LogP) is 1.20. The Morgan fingerprint density at radius 3 is 2.18 bits per heavy atom. The predicted molar refractivity (Wildman–Crippen MR) is 59.3 cm³/mol. The van der Waals surface area contributed by atoms with Crippen molar-refractivity contribution in [1.82, 2.24) is 0 Å². The molecule has 0 bridgehead atoms. The molecule has 0 saturated heterocycles. The van der Waals surface area contributed by atoms with Gasteiger partial charge in [-0.1, -0.05) is 30.3 Å². The van der Waals surface area contributed by atoms with Crippen LogP contribution in [0.4, 0.5) is 0 Å². The zero-order chi connectivity index (χ0) is 12.8. The van der Waals surface area contributed by atoms with Gasteiger partial charge in [-0.3, -0.25) is 9.59 Å². The third kappa shape index (κ3) is 3.90. The first-order valence-corrected chi connectivity index (χ1v) is 4.75. The lowest BCUT2D eigenvalue weighted by Gasteiger charge is -1.98. The van der Waals surface area contributed by atoms with Gasteiger partial charge in [0.2, 0.25) is 5.78 Å². The van der Waals surface area contributed by atoms with Crippen molar-refractivity contribution in [3.05, 3.63) is 42.0 Å². The summed E-state index contributed by atoms with van der Waals surface area (Å²) in [5.41, 5.74) is 0.420. The third-order valence-electron chi connectivity index (χ3n) is 1.94. The van der Waals surface area contributed by atoms with Crippen molar-refractivity contribution in [3.63, 3.8) is 0 Å². The molecule has 88 valence electrons. The molecule has 0 aliphatic heterocycles. The summed E-state index contributed by atoms with van der Waals surface area (Å²) in [6.07, 6.45) is 0.0857. The molecule has 17 heavy (non-hydrogen) atoms. The molecule has 1 aromatic carbocycles. The third-order valence-corrected chi connectivity index (χ3v) is 1.94. The number of allylic oxidation sites excluding steroid dienone is 1. The summed E-state index contributed by atoms with van der Waals surface area (Å²) in [4.78, 5) is 32.2. The van der Waals surface area contributed by atoms with E-state index in [-0.39, 0.29) is 5.76 Å². The molecule has 0 radical (unpaired) electrons. The van der Waals surface area contributed by atoms with E-state index >= 15 is 0 Å². The lowest BCUT2D eigenvalue weighted by atomic mass is 10.1. The Balaban J connectivity index is 2.73. The molecule has 5 nitrogen and oxygen atoms in total. The molecule has 2 N–H and O–H groups in total. The van der Waals surface area contributed by atoms with Crippen LogP contribution in [0, 0.1) is 0 Å². The fourth-order valence-electron chi connectivity index (χ4n) is 1.13. The van der Waals surface area contributed by atoms with E-state index in [0.717, 1.165) is 6.08 Å². The molecule has 1 rings (SSSR count). The summed E-state index contributed by atoms with van der Waals surface area (Å²) < 4.78 is 0. The summed E-state index contributed by atoms with van der Waals surface area (Å²) in [6.45, 7) is 0. The lowest BCUT2D eigenvalue weighted by molar-refractivity contribution is -0.149. The highest BCUT2D eigenvalue weighted by Gasteiger charge is 2.15. The Hall–Kier alpha value is -2.43. The smallest absolute Gasteiger partial charge is 0.372 e. The summed E-state index contributed by atoms with van der Waals surface area (Å²) in [5, 5.41) is 17.8. The maximum Gasteiger partial charge on any atom is 0.372 e. The minimum atomic E-state index is -1.66. The Kier molecular flexibility index (Phi) is 4.16. The van der Waals surface area contributed by atoms with Crippen LogP contribution < -0.4 is 0 Å². The van der Waals surface area contributed by atoms with E-state index < -0.39 is 24.0 Å². The summed E-state index contributed by atoms with van der Waals surface area (Å²) in [7, 11) is 0. The summed E-state index contributed by atoms with van der Waals surface area (Å²) in [5.74, 6) is -3.91. The topological polar surface area (TPSA) is 91.7 Å². The second kappa shape index (κ2) is 5.60. The molecule has 1 aromatic rings. The van der Waals surface area contributed by atoms with Gasteiger partial charge in [0.15, 0.2) is 5.78 Å². The fourth-order valence-corrected chi connectivity index (χ4v) is 1.13. The molecule has 0 heterocycles. The van der Waals surface area contributed by atoms with Crippen molar-refractivity contribution in [1.29, 1.82) is 0 Å². The molecular formula is C12H10O5. The first-order valence-electron chi connectivity index (χ1n) is 4.75. The highest BCUT2D eigenvalue weighted by molar-refractivity contribution is 6.37. The number of carbonyl (C=O) groups excluding carboxylic acids is 2. The maximum atomic E-state index is 11.2. The van der Waals surface area contributed by atoms with Crippen LogP contribution in [0.3, 0.4) is 0 Å². The zero-order valence-corrected chi connectivity index (χ0v) is 8.79. The maximum absolute atomic E-state index is 11.2. The van der Waals surface area contributed by atoms with E-state index in [1.807, 2.05) is 0 Å². The number of hydrogen-bond acceptors (Lipinski definition) is 4. The minimum absolute atomic E-state index is 0.297. The van der Waals surface area contributed by atoms with Gasteiger partial charge in [0.25, 0.3) is 0 Å². The summed E-state index contributed by atoms with van der Waals surface area (Å²) >= 11 is 0. The Labute approximate surface area is 97.0 Å². The van der Waals surface area contributed by atoms with Crippen LogP contribution in [0.15, 0.2) is 36.4 Å². The highest BCUT2D eigenvalue weighted by atomic mass is 16.4. The van der Waals surface area contributed by atoms with Crippen molar-refractivity contribution in [2.75, 3.05) is 0 Å². The molecular weight excluding hydrogens is 224 g/mol. The van der Waals surface area contributed by atoms with Gasteiger partial charge in [0, 0.05) is 11.6 Å². The van der Waals surface area contributed by atoms with E-state index in [1.54, 1.807) is 30.3 Å². The number of Topliss-reactive ketones (excluding diaryl/α,β-unsaturated/α-hetero) is 1. The van der Waals surface area contributed by atoms with Crippen LogP contribution in [0.1, 0.15) is 12.0 Å². The van der Waals surface area contributed by atoms with Gasteiger partial charge in [-0.15, -0.1) is 0 Å². The second-order valence-electron chi connectivity index (χ2n) is 3.27. The largest absolute Gasteiger partial charge is 0.507 e. The quantitative estimate of drug-likeness (QED) is 0.345. The Morgan fingerprint density at radius 1 is 1.06 bits per heavy atom. The molecule has 0 aliphatic carbocycles. The molecule has 0 unspecified atom stereocenters. The van der Waals surface area contributed by atoms with Gasteiger partial charge in [-0.05, 0) is 0 Å². The van der Waals surface area contributed by atoms with E-state index in [1.165, 1.54) is 0 Å². The summed E-state index contributed by atoms with van der Waals surface area (Å²) in [6, 6.07) is 8.25. The van der Waals surface area contributed by atoms with Crippen LogP contribution >= 0.6 is 0 Å². The van der Waals surface area contributed by atoms with Crippen molar-refractivity contribution < 1.29 is 24.6 Å². The van der Waals surface area contributed by atoms with E-state index in [4.69, 9.17) is 5.11 Å². The number of rotatable bonds is 5. The molecule has 5 heteroatoms. The number of hydrogen-bond donors (Lipinski definition) is 2. The SMILES string of the molecule is O=C(/C=C(\O)c1ccccc1)CC(=O)C(=O)O. The van der Waals surface area contributed by atoms with Gasteiger partial charge in [0.05, 0.1) is 6.42 Å². The van der Waals surface area contributed by atoms with Crippen molar-refractivity contribution >= 4 is 23.3 Å². The van der Waals surface area contributed by atoms with Crippen LogP contribution in [0.5, 0.6) is 0 Å². The van der Waals surface area contributed by atoms with E-state index in [2.05, 4.69) is 0 Å². The van der Waals surface area contributed by atoms with E-state index in [0.29, 0.717) is 5.56 Å². The minimum Gasteiger partial charge on any atom is -0.507 e. The number of carboxylic acid groups (broad SMARTS) is 1. The zero-order valence-electron chi connectivity index (χ0n) is 8.79. The molecule has 0 atom stereocenters. The van der Waals surface area contributed by atoms with Gasteiger partial charge >= 0.3 is 5.97 Å². The van der Waals surface area contributed by atoms with Crippen LogP contribution in [0.25, 0.3) is 5.76 Å². The highest BCUT2D eigenvalue weighted by Crippen LogP contribution is 2.10. The van der Waals surface area contributed by atoms with Crippen molar-refractivity contribution in [2.24, 2.45) is 0 Å². The number of carbonyl (C=O) groups is 3. The molecule has 0 spiro atoms. The monoisotopic (exact) mass is 234 g/mol. The number of ketones is 2. The molecule has 0 amide bonds. The van der Waals surface area contributed by atoms with Crippen LogP contribution in [-0.4, -0.2) is 27.7 Å². The first-order chi connectivity index (χ1) is 8.00. The standard InChI is InChI=1S/C12H10O5/c13-9(7-11(15)12(16)17)6-10(14)8-4-2-1-3-5-8/h1-6,14H,7H2,(H,16,17)/b10-6-. The van der Waals surface area contributed by atoms with Crippen LogP contribution in [-0.2, 0) is 14.4 Å². The van der Waals surface area contributed by atoms with Gasteiger partial charge in [-0.25, -0.2) is 4.79 Å². The molecule has 0 saturated carbocycles. The molecule has 0 aromatic heterocycles. The Bertz CT molecular complexity index is 473. The van der Waals surface area contributed by atoms with Crippen molar-refractivity contribution in [3.8, 4) is 0 Å². The number of carboxylic acids is 1. The second-order valence-corrected chi connectivity index (χ2v) is 3.27. The Morgan fingerprint density at radius 2 is 1.65 bits per heavy atom. The first kappa shape index (κ1) is 12.6. The average Bonchev–Trinajstić information content (AvgIpc) is 2.29. The van der Waals surface area contributed by atoms with Crippen molar-refractivity contribution in [2.45, 2.75) is 6.42 Å². The van der Waals surface area contributed by atoms with Gasteiger partial charge in [-0.2, -0.15) is 0 Å². The normalized spacial score (nSPS) is 10.9. The molecule has 0 aliphatic rings. The average molecular weight is 234 g/mol. The lowest BCUT2D eigenvalue weighted by Crippen LogP contribution is -2.16. The number of aliphatic carboxylic acids is 1.